The average molecular weight is 414 g/mol. The van der Waals surface area contributed by atoms with Crippen LogP contribution >= 0.6 is 11.3 Å². The highest BCUT2D eigenvalue weighted by atomic mass is 32.1. The zero-order valence-electron chi connectivity index (χ0n) is 16.0. The molecule has 0 aliphatic carbocycles. The molecule has 3 aromatic heterocycles. The largest absolute Gasteiger partial charge is 0.315 e. The number of aromatic nitrogens is 6. The normalized spacial score (nSPS) is 11.0. The summed E-state index contributed by atoms with van der Waals surface area (Å²) in [5.74, 6) is 0.0202. The molecular formula is C17H18N8O3S. The first-order chi connectivity index (χ1) is 13.9. The minimum Gasteiger partial charge on any atom is -0.315 e. The van der Waals surface area contributed by atoms with Gasteiger partial charge in [-0.05, 0) is 29.4 Å². The molecule has 0 atom stereocenters. The molecule has 0 unspecified atom stereocenters. The number of carbonyl (C=O) groups excluding carboxylic acids is 2. The molecule has 0 spiro atoms. The highest BCUT2D eigenvalue weighted by Gasteiger charge is 2.23. The van der Waals surface area contributed by atoms with Gasteiger partial charge in [0.2, 0.25) is 22.8 Å². The Bertz CT molecular complexity index is 1090. The maximum Gasteiger partial charge on any atom is 0.223 e. The van der Waals surface area contributed by atoms with Gasteiger partial charge in [0, 0.05) is 13.8 Å². The monoisotopic (exact) mass is 414 g/mol. The van der Waals surface area contributed by atoms with Gasteiger partial charge in [0.15, 0.2) is 11.5 Å². The smallest absolute Gasteiger partial charge is 0.223 e. The number of anilines is 2. The van der Waals surface area contributed by atoms with E-state index in [4.69, 9.17) is 4.63 Å². The minimum atomic E-state index is -0.318. The quantitative estimate of drug-likeness (QED) is 0.600. The number of allylic oxidation sites excluding steroid dienone is 1. The molecule has 2 amide bonds. The van der Waals surface area contributed by atoms with E-state index in [0.29, 0.717) is 28.2 Å². The second-order valence-electron chi connectivity index (χ2n) is 5.82. The van der Waals surface area contributed by atoms with Crippen molar-refractivity contribution in [3.05, 3.63) is 29.1 Å². The summed E-state index contributed by atoms with van der Waals surface area (Å²) in [6.45, 7) is 8.74. The van der Waals surface area contributed by atoms with Crippen molar-refractivity contribution in [3.8, 4) is 11.5 Å². The summed E-state index contributed by atoms with van der Waals surface area (Å²) in [6, 6.07) is 0. The molecule has 3 aromatic rings. The number of imidazole rings is 1. The Labute approximate surface area is 169 Å². The molecule has 0 aromatic carbocycles. The Kier molecular flexibility index (Phi) is 5.93. The summed E-state index contributed by atoms with van der Waals surface area (Å²) in [5.41, 5.74) is 1.64. The first-order valence-corrected chi connectivity index (χ1v) is 9.30. The predicted molar refractivity (Wildman–Crippen MR) is 108 cm³/mol. The summed E-state index contributed by atoms with van der Waals surface area (Å²) >= 11 is 1.24. The van der Waals surface area contributed by atoms with Crippen LogP contribution in [0.25, 0.3) is 23.7 Å². The molecule has 29 heavy (non-hydrogen) atoms. The Morgan fingerprint density at radius 3 is 2.62 bits per heavy atom. The standard InChI is InChI=1S/C17H18N8O3S/c1-5-7-12-11(6-2)20-16(14-15(18-9(3)26)24-28-23-14)25(12)8-13-21-22-17(29-13)19-10(4)27/h5-7H,2,8H2,1,3-4H3,(H,18,24,26)(H,19,22,27)/b7-5-. The Morgan fingerprint density at radius 2 is 1.97 bits per heavy atom. The molecular weight excluding hydrogens is 396 g/mol. The number of hydrogen-bond donors (Lipinski definition) is 2. The van der Waals surface area contributed by atoms with Crippen LogP contribution in [0.4, 0.5) is 10.9 Å². The van der Waals surface area contributed by atoms with Crippen molar-refractivity contribution in [2.24, 2.45) is 0 Å². The summed E-state index contributed by atoms with van der Waals surface area (Å²) in [6.07, 6.45) is 5.35. The molecule has 0 saturated heterocycles. The van der Waals surface area contributed by atoms with Crippen LogP contribution in [0.15, 0.2) is 17.3 Å². The zero-order valence-corrected chi connectivity index (χ0v) is 16.8. The van der Waals surface area contributed by atoms with Gasteiger partial charge in [-0.15, -0.1) is 10.2 Å². The lowest BCUT2D eigenvalue weighted by Gasteiger charge is -2.07. The minimum absolute atomic E-state index is 0.155. The van der Waals surface area contributed by atoms with Crippen LogP contribution < -0.4 is 10.6 Å². The summed E-state index contributed by atoms with van der Waals surface area (Å²) in [4.78, 5) is 27.3. The van der Waals surface area contributed by atoms with Crippen molar-refractivity contribution in [2.75, 3.05) is 10.6 Å². The van der Waals surface area contributed by atoms with Crippen LogP contribution in [0.3, 0.4) is 0 Å². The highest BCUT2D eigenvalue weighted by Crippen LogP contribution is 2.29. The SMILES string of the molecule is C=Cc1nc(-c2nonc2NC(C)=O)n(Cc2nnc(NC(C)=O)s2)c1/C=C\C. The van der Waals surface area contributed by atoms with Gasteiger partial charge >= 0.3 is 0 Å². The van der Waals surface area contributed by atoms with E-state index in [-0.39, 0.29) is 23.3 Å². The van der Waals surface area contributed by atoms with Crippen molar-refractivity contribution < 1.29 is 14.2 Å². The molecule has 12 heteroatoms. The zero-order chi connectivity index (χ0) is 21.0. The molecule has 0 aliphatic heterocycles. The van der Waals surface area contributed by atoms with Gasteiger partial charge in [-0.1, -0.05) is 24.0 Å². The van der Waals surface area contributed by atoms with E-state index in [1.165, 1.54) is 25.2 Å². The topological polar surface area (TPSA) is 141 Å². The maximum absolute atomic E-state index is 11.5. The number of rotatable bonds is 7. The van der Waals surface area contributed by atoms with E-state index >= 15 is 0 Å². The molecule has 0 fully saturated rings. The highest BCUT2D eigenvalue weighted by molar-refractivity contribution is 7.15. The third kappa shape index (κ3) is 4.43. The molecule has 0 aliphatic rings. The third-order valence-electron chi connectivity index (χ3n) is 3.59. The Morgan fingerprint density at radius 1 is 1.21 bits per heavy atom. The fourth-order valence-corrected chi connectivity index (χ4v) is 3.32. The van der Waals surface area contributed by atoms with Crippen LogP contribution in [0.2, 0.25) is 0 Å². The maximum atomic E-state index is 11.5. The number of amides is 2. The average Bonchev–Trinajstić information content (AvgIpc) is 3.35. The first kappa shape index (κ1) is 20.1. The number of hydrogen-bond acceptors (Lipinski definition) is 9. The van der Waals surface area contributed by atoms with Crippen molar-refractivity contribution >= 4 is 46.3 Å². The second kappa shape index (κ2) is 8.56. The van der Waals surface area contributed by atoms with Gasteiger partial charge in [0.05, 0.1) is 17.9 Å². The molecule has 0 bridgehead atoms. The lowest BCUT2D eigenvalue weighted by molar-refractivity contribution is -0.115. The first-order valence-electron chi connectivity index (χ1n) is 8.49. The van der Waals surface area contributed by atoms with Crippen LogP contribution in [0, 0.1) is 0 Å². The molecule has 0 radical (unpaired) electrons. The number of carbonyl (C=O) groups is 2. The van der Waals surface area contributed by atoms with E-state index in [1.807, 2.05) is 23.6 Å². The van der Waals surface area contributed by atoms with Crippen LogP contribution in [-0.2, 0) is 16.1 Å². The fourth-order valence-electron chi connectivity index (χ4n) is 2.55. The summed E-state index contributed by atoms with van der Waals surface area (Å²) in [7, 11) is 0. The van der Waals surface area contributed by atoms with E-state index < -0.39 is 0 Å². The van der Waals surface area contributed by atoms with Gasteiger partial charge in [-0.3, -0.25) is 9.59 Å². The van der Waals surface area contributed by atoms with Crippen molar-refractivity contribution in [2.45, 2.75) is 27.3 Å². The van der Waals surface area contributed by atoms with E-state index in [1.54, 1.807) is 6.08 Å². The van der Waals surface area contributed by atoms with Crippen LogP contribution in [-0.4, -0.2) is 41.9 Å². The van der Waals surface area contributed by atoms with Crippen molar-refractivity contribution in [1.29, 1.82) is 0 Å². The van der Waals surface area contributed by atoms with Crippen molar-refractivity contribution in [1.82, 2.24) is 30.1 Å². The van der Waals surface area contributed by atoms with Gasteiger partial charge < -0.3 is 15.2 Å². The number of nitrogens with zero attached hydrogens (tertiary/aromatic N) is 6. The van der Waals surface area contributed by atoms with E-state index in [0.717, 1.165) is 5.69 Å². The predicted octanol–water partition coefficient (Wildman–Crippen LogP) is 2.43. The molecule has 3 rings (SSSR count). The fraction of sp³-hybridized carbons (Fsp3) is 0.235. The number of nitrogens with one attached hydrogen (secondary N) is 2. The Balaban J connectivity index is 2.09. The second-order valence-corrected chi connectivity index (χ2v) is 6.88. The lowest BCUT2D eigenvalue weighted by atomic mass is 10.3. The van der Waals surface area contributed by atoms with Gasteiger partial charge in [-0.25, -0.2) is 9.61 Å². The van der Waals surface area contributed by atoms with Gasteiger partial charge in [0.1, 0.15) is 5.01 Å². The molecule has 150 valence electrons. The summed E-state index contributed by atoms with van der Waals surface area (Å²) < 4.78 is 6.65. The molecule has 3 heterocycles. The van der Waals surface area contributed by atoms with Gasteiger partial charge in [0.25, 0.3) is 0 Å². The third-order valence-corrected chi connectivity index (χ3v) is 4.41. The molecule has 0 saturated carbocycles. The lowest BCUT2D eigenvalue weighted by Crippen LogP contribution is -2.09. The van der Waals surface area contributed by atoms with Crippen LogP contribution in [0.5, 0.6) is 0 Å². The summed E-state index contributed by atoms with van der Waals surface area (Å²) in [5, 5.41) is 21.9. The van der Waals surface area contributed by atoms with E-state index in [9.17, 15) is 9.59 Å². The van der Waals surface area contributed by atoms with Crippen LogP contribution in [0.1, 0.15) is 37.2 Å². The van der Waals surface area contributed by atoms with E-state index in [2.05, 4.69) is 42.7 Å². The van der Waals surface area contributed by atoms with Gasteiger partial charge in [-0.2, -0.15) is 0 Å². The Hall–Kier alpha value is -3.67. The molecule has 11 nitrogen and oxygen atoms in total. The van der Waals surface area contributed by atoms with Crippen molar-refractivity contribution in [3.63, 3.8) is 0 Å². The molecule has 2 N–H and O–H groups in total.